The van der Waals surface area contributed by atoms with Gasteiger partial charge in [0, 0.05) is 6.61 Å². The number of hydrogen-bond donors (Lipinski definition) is 0. The van der Waals surface area contributed by atoms with E-state index in [9.17, 15) is 0 Å². The predicted molar refractivity (Wildman–Crippen MR) is 57.7 cm³/mol. The summed E-state index contributed by atoms with van der Waals surface area (Å²) in [5, 5.41) is 0. The van der Waals surface area contributed by atoms with Crippen LogP contribution in [0.2, 0.25) is 0 Å². The van der Waals surface area contributed by atoms with Crippen LogP contribution in [0.5, 0.6) is 0 Å². The topological polar surface area (TPSA) is 18.5 Å². The van der Waals surface area contributed by atoms with Gasteiger partial charge in [-0.25, -0.2) is 0 Å². The maximum absolute atomic E-state index is 5.52. The van der Waals surface area contributed by atoms with Gasteiger partial charge in [0.15, 0.2) is 6.29 Å². The summed E-state index contributed by atoms with van der Waals surface area (Å²) >= 11 is 5.06. The molecule has 0 heterocycles. The lowest BCUT2D eigenvalue weighted by Gasteiger charge is -2.19. The van der Waals surface area contributed by atoms with Gasteiger partial charge in [-0.1, -0.05) is 39.8 Å². The van der Waals surface area contributed by atoms with Crippen molar-refractivity contribution in [3.05, 3.63) is 0 Å². The molecule has 2 nitrogen and oxygen atoms in total. The van der Waals surface area contributed by atoms with E-state index in [0.717, 1.165) is 32.3 Å². The van der Waals surface area contributed by atoms with Crippen molar-refractivity contribution >= 4 is 12.6 Å². The van der Waals surface area contributed by atoms with Crippen LogP contribution >= 0.6 is 12.6 Å². The molecule has 0 rings (SSSR count). The van der Waals surface area contributed by atoms with E-state index in [-0.39, 0.29) is 11.7 Å². The van der Waals surface area contributed by atoms with Crippen molar-refractivity contribution in [1.29, 1.82) is 0 Å². The third-order valence-electron chi connectivity index (χ3n) is 1.77. The highest BCUT2D eigenvalue weighted by Crippen LogP contribution is 2.10. The third kappa shape index (κ3) is 7.35. The van der Waals surface area contributed by atoms with Crippen LogP contribution in [0.3, 0.4) is 0 Å². The molecule has 2 unspecified atom stereocenters. The van der Waals surface area contributed by atoms with Crippen LogP contribution in [0.1, 0.15) is 46.5 Å². The molecule has 0 aromatic heterocycles. The number of unbranched alkanes of at least 4 members (excludes halogenated alkanes) is 1. The molecule has 0 bridgehead atoms. The third-order valence-corrected chi connectivity index (χ3v) is 2.22. The maximum atomic E-state index is 5.52. The van der Waals surface area contributed by atoms with Gasteiger partial charge in [0.25, 0.3) is 0 Å². The molecular weight excluding hydrogens is 184 g/mol. The molecule has 1 radical (unpaired) electrons. The summed E-state index contributed by atoms with van der Waals surface area (Å²) in [6.45, 7) is 7.00. The molecular formula is C10H21O2S. The molecule has 3 heteroatoms. The maximum Gasteiger partial charge on any atom is 0.158 e. The lowest BCUT2D eigenvalue weighted by molar-refractivity contribution is -0.152. The second-order valence-corrected chi connectivity index (χ2v) is 3.56. The van der Waals surface area contributed by atoms with Gasteiger partial charge < -0.3 is 9.47 Å². The van der Waals surface area contributed by atoms with E-state index in [2.05, 4.69) is 6.92 Å². The van der Waals surface area contributed by atoms with Crippen LogP contribution in [-0.4, -0.2) is 18.3 Å². The molecule has 0 aliphatic heterocycles. The van der Waals surface area contributed by atoms with Crippen molar-refractivity contribution in [1.82, 2.24) is 0 Å². The zero-order valence-corrected chi connectivity index (χ0v) is 9.73. The minimum absolute atomic E-state index is 0.103. The Morgan fingerprint density at radius 2 is 1.85 bits per heavy atom. The molecule has 0 aliphatic rings. The van der Waals surface area contributed by atoms with Gasteiger partial charge in [0.2, 0.25) is 0 Å². The first-order valence-corrected chi connectivity index (χ1v) is 5.64. The smallest absolute Gasteiger partial charge is 0.158 e. The first-order valence-electron chi connectivity index (χ1n) is 5.17. The van der Waals surface area contributed by atoms with Crippen molar-refractivity contribution in [3.8, 4) is 0 Å². The van der Waals surface area contributed by atoms with E-state index < -0.39 is 0 Å². The summed E-state index contributed by atoms with van der Waals surface area (Å²) in [7, 11) is 0. The molecule has 0 aromatic carbocycles. The highest BCUT2D eigenvalue weighted by molar-refractivity contribution is 7.80. The van der Waals surface area contributed by atoms with E-state index in [0.29, 0.717) is 0 Å². The average molecular weight is 205 g/mol. The molecule has 79 valence electrons. The van der Waals surface area contributed by atoms with E-state index in [1.165, 1.54) is 0 Å². The fourth-order valence-electron chi connectivity index (χ4n) is 0.878. The van der Waals surface area contributed by atoms with Gasteiger partial charge in [0.05, 0.1) is 0 Å². The van der Waals surface area contributed by atoms with Crippen molar-refractivity contribution in [2.24, 2.45) is 0 Å². The Balaban J connectivity index is 3.50. The molecule has 13 heavy (non-hydrogen) atoms. The number of hydrogen-bond acceptors (Lipinski definition) is 2. The summed E-state index contributed by atoms with van der Waals surface area (Å²) in [6.07, 6.45) is 3.88. The molecule has 0 aromatic rings. The lowest BCUT2D eigenvalue weighted by Crippen LogP contribution is -2.21. The van der Waals surface area contributed by atoms with E-state index in [1.807, 2.05) is 13.8 Å². The summed E-state index contributed by atoms with van der Waals surface area (Å²) in [6, 6.07) is 0. The Hall–Kier alpha value is 0.270. The van der Waals surface area contributed by atoms with Gasteiger partial charge in [0.1, 0.15) is 5.44 Å². The van der Waals surface area contributed by atoms with Crippen LogP contribution in [0.25, 0.3) is 0 Å². The SMILES string of the molecule is CCCCOC(CC)OC([S])CC. The first-order chi connectivity index (χ1) is 6.24. The fraction of sp³-hybridized carbons (Fsp3) is 1.00. The molecule has 0 aliphatic carbocycles. The summed E-state index contributed by atoms with van der Waals surface area (Å²) < 4.78 is 11.0. The molecule has 0 saturated carbocycles. The van der Waals surface area contributed by atoms with Gasteiger partial charge in [-0.05, 0) is 19.3 Å². The Morgan fingerprint density at radius 3 is 2.31 bits per heavy atom. The van der Waals surface area contributed by atoms with Crippen molar-refractivity contribution in [3.63, 3.8) is 0 Å². The minimum atomic E-state index is -0.105. The monoisotopic (exact) mass is 205 g/mol. The Kier molecular flexibility index (Phi) is 9.03. The highest BCUT2D eigenvalue weighted by Gasteiger charge is 2.10. The molecule has 0 fully saturated rings. The van der Waals surface area contributed by atoms with E-state index in [1.54, 1.807) is 0 Å². The quantitative estimate of drug-likeness (QED) is 0.446. The lowest BCUT2D eigenvalue weighted by atomic mass is 10.3. The molecule has 0 spiro atoms. The van der Waals surface area contributed by atoms with Crippen molar-refractivity contribution in [2.75, 3.05) is 6.61 Å². The van der Waals surface area contributed by atoms with Crippen molar-refractivity contribution in [2.45, 2.75) is 58.2 Å². The Morgan fingerprint density at radius 1 is 1.15 bits per heavy atom. The van der Waals surface area contributed by atoms with E-state index in [4.69, 9.17) is 22.1 Å². The van der Waals surface area contributed by atoms with Gasteiger partial charge in [-0.3, -0.25) is 0 Å². The Bertz CT molecular complexity index is 109. The highest BCUT2D eigenvalue weighted by atomic mass is 32.1. The second-order valence-electron chi connectivity index (χ2n) is 3.04. The van der Waals surface area contributed by atoms with Gasteiger partial charge >= 0.3 is 0 Å². The first kappa shape index (κ1) is 13.3. The van der Waals surface area contributed by atoms with Crippen LogP contribution in [0.4, 0.5) is 0 Å². The summed E-state index contributed by atoms with van der Waals surface area (Å²) in [5.74, 6) is 0. The van der Waals surface area contributed by atoms with Gasteiger partial charge in [-0.15, -0.1) is 0 Å². The second kappa shape index (κ2) is 8.85. The van der Waals surface area contributed by atoms with Crippen LogP contribution in [0.15, 0.2) is 0 Å². The summed E-state index contributed by atoms with van der Waals surface area (Å²) in [5.41, 5.74) is -0.105. The minimum Gasteiger partial charge on any atom is -0.353 e. The van der Waals surface area contributed by atoms with E-state index >= 15 is 0 Å². The van der Waals surface area contributed by atoms with Crippen LogP contribution in [0, 0.1) is 0 Å². The summed E-state index contributed by atoms with van der Waals surface area (Å²) in [4.78, 5) is 0. The zero-order valence-electron chi connectivity index (χ0n) is 8.91. The normalized spacial score (nSPS) is 15.7. The number of ether oxygens (including phenoxy) is 2. The van der Waals surface area contributed by atoms with Gasteiger partial charge in [-0.2, -0.15) is 0 Å². The zero-order chi connectivity index (χ0) is 10.1. The average Bonchev–Trinajstić information content (AvgIpc) is 2.16. The standard InChI is InChI=1S/C10H21O2S/c1-4-7-8-11-9(5-2)12-10(13)6-3/h9-10H,4-8H2,1-3H3. The fourth-order valence-corrected chi connectivity index (χ4v) is 1.00. The van der Waals surface area contributed by atoms with Crippen molar-refractivity contribution < 1.29 is 9.47 Å². The molecule has 0 amide bonds. The van der Waals surface area contributed by atoms with Crippen LogP contribution in [-0.2, 0) is 9.47 Å². The molecule has 2 atom stereocenters. The largest absolute Gasteiger partial charge is 0.353 e. The Labute approximate surface area is 87.4 Å². The predicted octanol–water partition coefficient (Wildman–Crippen LogP) is 3.49. The van der Waals surface area contributed by atoms with Crippen LogP contribution < -0.4 is 0 Å². The molecule has 0 N–H and O–H groups in total. The molecule has 0 saturated heterocycles. The number of rotatable bonds is 8.